The van der Waals surface area contributed by atoms with Crippen LogP contribution in [0.3, 0.4) is 0 Å². The Morgan fingerprint density at radius 1 is 0.871 bits per heavy atom. The molecule has 3 atom stereocenters. The second-order valence-corrected chi connectivity index (χ2v) is 12.1. The van der Waals surface area contributed by atoms with Crippen LogP contribution in [-0.2, 0) is 9.63 Å². The number of ketones is 1. The van der Waals surface area contributed by atoms with Gasteiger partial charge in [-0.05, 0) is 64.7 Å². The quantitative estimate of drug-likeness (QED) is 0.546. The molecule has 0 aromatic carbocycles. The van der Waals surface area contributed by atoms with Gasteiger partial charge >= 0.3 is 0 Å². The lowest BCUT2D eigenvalue weighted by atomic mass is 9.83. The van der Waals surface area contributed by atoms with E-state index >= 15 is 0 Å². The zero-order valence-electron chi connectivity index (χ0n) is 21.8. The van der Waals surface area contributed by atoms with Gasteiger partial charge in [-0.1, -0.05) is 65.7 Å². The van der Waals surface area contributed by atoms with Crippen molar-refractivity contribution in [1.82, 2.24) is 10.4 Å². The molecule has 182 valence electrons. The summed E-state index contributed by atoms with van der Waals surface area (Å²) in [5.41, 5.74) is -0.279. The van der Waals surface area contributed by atoms with E-state index in [-0.39, 0.29) is 23.1 Å². The van der Waals surface area contributed by atoms with Crippen LogP contribution in [0.4, 0.5) is 0 Å². The maximum absolute atomic E-state index is 13.4. The average molecular weight is 437 g/mol. The van der Waals surface area contributed by atoms with E-state index in [4.69, 9.17) is 4.84 Å². The Morgan fingerprint density at radius 3 is 2.00 bits per heavy atom. The van der Waals surface area contributed by atoms with Gasteiger partial charge in [0.15, 0.2) is 5.78 Å². The highest BCUT2D eigenvalue weighted by Gasteiger charge is 2.45. The molecular formula is C27H52N2O2. The molecule has 2 rings (SSSR count). The number of piperazine rings is 1. The molecule has 1 N–H and O–H groups in total. The first-order valence-corrected chi connectivity index (χ1v) is 13.2. The number of carbonyl (C=O) groups excluding carboxylic acids is 1. The van der Waals surface area contributed by atoms with Crippen LogP contribution in [-0.4, -0.2) is 41.1 Å². The maximum atomic E-state index is 13.4. The van der Waals surface area contributed by atoms with Gasteiger partial charge in [-0.25, -0.2) is 0 Å². The zero-order chi connectivity index (χ0) is 23.1. The number of carbonyl (C=O) groups is 1. The van der Waals surface area contributed by atoms with Crippen molar-refractivity contribution in [2.24, 2.45) is 17.8 Å². The number of hydrogen-bond acceptors (Lipinski definition) is 4. The van der Waals surface area contributed by atoms with Crippen molar-refractivity contribution in [3.8, 4) is 0 Å². The first-order chi connectivity index (χ1) is 14.5. The predicted molar refractivity (Wildman–Crippen MR) is 131 cm³/mol. The number of nitrogens with one attached hydrogen (secondary N) is 1. The van der Waals surface area contributed by atoms with E-state index in [1.807, 2.05) is 0 Å². The lowest BCUT2D eigenvalue weighted by Gasteiger charge is -2.52. The van der Waals surface area contributed by atoms with E-state index in [0.29, 0.717) is 18.1 Å². The van der Waals surface area contributed by atoms with Crippen molar-refractivity contribution in [3.05, 3.63) is 0 Å². The van der Waals surface area contributed by atoms with Crippen LogP contribution in [0.5, 0.6) is 0 Å². The van der Waals surface area contributed by atoms with Gasteiger partial charge in [0.1, 0.15) is 6.10 Å². The minimum absolute atomic E-state index is 0.140. The van der Waals surface area contributed by atoms with Gasteiger partial charge in [0.2, 0.25) is 0 Å². The van der Waals surface area contributed by atoms with E-state index in [2.05, 4.69) is 58.8 Å². The van der Waals surface area contributed by atoms with Gasteiger partial charge in [-0.15, -0.1) is 0 Å². The Bertz CT molecular complexity index is 527. The molecule has 31 heavy (non-hydrogen) atoms. The number of hydroxylamine groups is 2. The summed E-state index contributed by atoms with van der Waals surface area (Å²) in [5, 5.41) is 5.70. The second kappa shape index (κ2) is 12.1. The Kier molecular flexibility index (Phi) is 10.5. The highest BCUT2D eigenvalue weighted by Crippen LogP contribution is 2.33. The SMILES string of the molecule is CC(C)C1CCCCCCCCCC(=O)C(ON2C(C)(C)CNCC2(C)C)C(C)CC1. The number of rotatable bonds is 3. The third-order valence-corrected chi connectivity index (χ3v) is 7.70. The molecule has 2 aliphatic rings. The molecule has 0 aromatic heterocycles. The van der Waals surface area contributed by atoms with E-state index < -0.39 is 0 Å². The van der Waals surface area contributed by atoms with Crippen LogP contribution >= 0.6 is 0 Å². The summed E-state index contributed by atoms with van der Waals surface area (Å²) in [6, 6.07) is 0. The fraction of sp³-hybridized carbons (Fsp3) is 0.963. The number of nitrogens with zero attached hydrogens (tertiary/aromatic N) is 1. The third kappa shape index (κ3) is 8.12. The molecule has 1 saturated heterocycles. The van der Waals surface area contributed by atoms with Gasteiger partial charge in [-0.3, -0.25) is 9.63 Å². The van der Waals surface area contributed by atoms with Crippen molar-refractivity contribution < 1.29 is 9.63 Å². The summed E-state index contributed by atoms with van der Waals surface area (Å²) in [6.07, 6.45) is 12.8. The lowest BCUT2D eigenvalue weighted by Crippen LogP contribution is -2.68. The Hall–Kier alpha value is -0.450. The van der Waals surface area contributed by atoms with Crippen molar-refractivity contribution in [1.29, 1.82) is 0 Å². The smallest absolute Gasteiger partial charge is 0.163 e. The number of Topliss-reactive ketones (excluding diaryl/α,β-unsaturated/α-hetero) is 1. The highest BCUT2D eigenvalue weighted by molar-refractivity contribution is 5.83. The number of hydrogen-bond donors (Lipinski definition) is 1. The van der Waals surface area contributed by atoms with Gasteiger partial charge < -0.3 is 5.32 Å². The largest absolute Gasteiger partial charge is 0.313 e. The van der Waals surface area contributed by atoms with Gasteiger partial charge in [-0.2, -0.15) is 5.06 Å². The zero-order valence-corrected chi connectivity index (χ0v) is 21.8. The summed E-state index contributed by atoms with van der Waals surface area (Å²) >= 11 is 0. The van der Waals surface area contributed by atoms with E-state index in [0.717, 1.165) is 31.8 Å². The molecule has 2 fully saturated rings. The molecule has 4 heteroatoms. The molecule has 1 saturated carbocycles. The summed E-state index contributed by atoms with van der Waals surface area (Å²) in [6.45, 7) is 17.6. The minimum Gasteiger partial charge on any atom is -0.313 e. The summed E-state index contributed by atoms with van der Waals surface area (Å²) in [4.78, 5) is 20.1. The second-order valence-electron chi connectivity index (χ2n) is 12.1. The molecule has 0 bridgehead atoms. The molecule has 3 unspecified atom stereocenters. The van der Waals surface area contributed by atoms with E-state index in [1.165, 1.54) is 51.4 Å². The molecule has 0 amide bonds. The Labute approximate surface area is 193 Å². The van der Waals surface area contributed by atoms with Gasteiger partial charge in [0.25, 0.3) is 0 Å². The Balaban J connectivity index is 2.17. The fourth-order valence-electron chi connectivity index (χ4n) is 5.69. The van der Waals surface area contributed by atoms with Crippen LogP contribution in [0.15, 0.2) is 0 Å². The van der Waals surface area contributed by atoms with Crippen LogP contribution in [0, 0.1) is 17.8 Å². The van der Waals surface area contributed by atoms with Crippen molar-refractivity contribution >= 4 is 5.78 Å². The molecule has 4 nitrogen and oxygen atoms in total. The van der Waals surface area contributed by atoms with Crippen LogP contribution < -0.4 is 5.32 Å². The highest BCUT2D eigenvalue weighted by atomic mass is 16.7. The van der Waals surface area contributed by atoms with Gasteiger partial charge in [0.05, 0.1) is 11.1 Å². The molecule has 0 aromatic rings. The molecule has 1 aliphatic carbocycles. The molecular weight excluding hydrogens is 384 g/mol. The van der Waals surface area contributed by atoms with Crippen molar-refractivity contribution in [2.75, 3.05) is 13.1 Å². The van der Waals surface area contributed by atoms with Crippen molar-refractivity contribution in [3.63, 3.8) is 0 Å². The first-order valence-electron chi connectivity index (χ1n) is 13.2. The van der Waals surface area contributed by atoms with E-state index in [9.17, 15) is 4.79 Å². The summed E-state index contributed by atoms with van der Waals surface area (Å²) in [7, 11) is 0. The van der Waals surface area contributed by atoms with Crippen LogP contribution in [0.25, 0.3) is 0 Å². The maximum Gasteiger partial charge on any atom is 0.163 e. The minimum atomic E-state index is -0.324. The summed E-state index contributed by atoms with van der Waals surface area (Å²) in [5.74, 6) is 2.04. The normalized spacial score (nSPS) is 32.4. The molecule has 1 aliphatic heterocycles. The third-order valence-electron chi connectivity index (χ3n) is 7.70. The lowest BCUT2D eigenvalue weighted by molar-refractivity contribution is -0.299. The van der Waals surface area contributed by atoms with Crippen LogP contribution in [0.1, 0.15) is 119 Å². The topological polar surface area (TPSA) is 41.6 Å². The fourth-order valence-corrected chi connectivity index (χ4v) is 5.69. The molecule has 1 heterocycles. The van der Waals surface area contributed by atoms with Gasteiger partial charge in [0, 0.05) is 19.5 Å². The molecule has 0 spiro atoms. The van der Waals surface area contributed by atoms with Crippen molar-refractivity contribution in [2.45, 2.75) is 136 Å². The summed E-state index contributed by atoms with van der Waals surface area (Å²) < 4.78 is 0. The van der Waals surface area contributed by atoms with Crippen LogP contribution in [0.2, 0.25) is 0 Å². The van der Waals surface area contributed by atoms with E-state index in [1.54, 1.807) is 0 Å². The Morgan fingerprint density at radius 2 is 1.42 bits per heavy atom. The molecule has 0 radical (unpaired) electrons. The monoisotopic (exact) mass is 436 g/mol. The predicted octanol–water partition coefficient (Wildman–Crippen LogP) is 6.53. The standard InChI is InChI=1S/C27H52N2O2/c1-21(2)23-15-13-11-9-8-10-12-14-16-24(30)25(22(3)17-18-23)31-29-26(4,5)19-28-20-27(29,6)7/h21-23,25,28H,8-20H2,1-7H3. The first kappa shape index (κ1) is 26.8. The average Bonchev–Trinajstić information content (AvgIpc) is 2.67.